The summed E-state index contributed by atoms with van der Waals surface area (Å²) in [6.45, 7) is 0.163. The number of primary amides is 2. The summed E-state index contributed by atoms with van der Waals surface area (Å²) in [7, 11) is 0. The van der Waals surface area contributed by atoms with Crippen molar-refractivity contribution in [1.29, 1.82) is 0 Å². The van der Waals surface area contributed by atoms with Crippen LogP contribution in [0.3, 0.4) is 0 Å². The minimum absolute atomic E-state index is 0.155. The molecule has 1 aromatic carbocycles. The van der Waals surface area contributed by atoms with Crippen molar-refractivity contribution >= 4 is 17.7 Å². The Morgan fingerprint density at radius 2 is 1.67 bits per heavy atom. The number of rotatable bonds is 6. The number of nitrogens with zero attached hydrogens (tertiary/aromatic N) is 2. The quantitative estimate of drug-likeness (QED) is 0.543. The van der Waals surface area contributed by atoms with Crippen molar-refractivity contribution < 1.29 is 14.4 Å². The van der Waals surface area contributed by atoms with Crippen LogP contribution in [0.5, 0.6) is 0 Å². The van der Waals surface area contributed by atoms with Gasteiger partial charge in [0.05, 0.1) is 6.54 Å². The predicted octanol–water partition coefficient (Wildman–Crippen LogP) is -1.64. The van der Waals surface area contributed by atoms with Crippen LogP contribution in [0.15, 0.2) is 47.3 Å². The molecule has 24 heavy (non-hydrogen) atoms. The maximum Gasteiger partial charge on any atom is 0.272 e. The molecular formula is C15H15N5O4. The lowest BCUT2D eigenvalue weighted by molar-refractivity contribution is -0.128. The molecule has 1 heterocycles. The summed E-state index contributed by atoms with van der Waals surface area (Å²) >= 11 is 0. The Hall–Kier alpha value is -3.49. The van der Waals surface area contributed by atoms with E-state index in [1.807, 2.05) is 6.07 Å². The third-order valence-corrected chi connectivity index (χ3v) is 3.12. The number of hydrogen-bond acceptors (Lipinski definition) is 5. The van der Waals surface area contributed by atoms with E-state index >= 15 is 0 Å². The number of benzene rings is 1. The lowest BCUT2D eigenvalue weighted by Gasteiger charge is -2.12. The maximum atomic E-state index is 12.1. The van der Waals surface area contributed by atoms with Crippen molar-refractivity contribution in [2.45, 2.75) is 12.6 Å². The van der Waals surface area contributed by atoms with Gasteiger partial charge >= 0.3 is 0 Å². The Morgan fingerprint density at radius 1 is 1.04 bits per heavy atom. The third kappa shape index (κ3) is 4.03. The van der Waals surface area contributed by atoms with E-state index in [0.29, 0.717) is 0 Å². The minimum Gasteiger partial charge on any atom is -0.367 e. The van der Waals surface area contributed by atoms with Crippen molar-refractivity contribution in [2.75, 3.05) is 0 Å². The van der Waals surface area contributed by atoms with Gasteiger partial charge in [-0.1, -0.05) is 30.3 Å². The van der Waals surface area contributed by atoms with Crippen LogP contribution < -0.4 is 22.3 Å². The third-order valence-electron chi connectivity index (χ3n) is 3.12. The second kappa shape index (κ2) is 7.18. The summed E-state index contributed by atoms with van der Waals surface area (Å²) in [5.41, 5.74) is 10.2. The second-order valence-corrected chi connectivity index (χ2v) is 4.91. The van der Waals surface area contributed by atoms with Crippen molar-refractivity contribution in [3.05, 3.63) is 64.1 Å². The fourth-order valence-electron chi connectivity index (χ4n) is 1.93. The average Bonchev–Trinajstić information content (AvgIpc) is 2.54. The highest BCUT2D eigenvalue weighted by atomic mass is 16.2. The molecule has 9 nitrogen and oxygen atoms in total. The van der Waals surface area contributed by atoms with Crippen molar-refractivity contribution in [2.24, 2.45) is 11.5 Å². The monoisotopic (exact) mass is 329 g/mol. The number of aromatic nitrogens is 2. The number of amides is 3. The van der Waals surface area contributed by atoms with Gasteiger partial charge in [0.15, 0.2) is 6.04 Å². The standard InChI is InChI=1S/C15H15N5O4/c16-13(22)12(14(17)23)18-15(24)10-6-7-11(21)20(19-10)8-9-4-2-1-3-5-9/h1-7,12H,8H2,(H2,16,22)(H2,17,23)(H,18,24). The van der Waals surface area contributed by atoms with E-state index in [9.17, 15) is 19.2 Å². The zero-order valence-corrected chi connectivity index (χ0v) is 12.5. The molecule has 2 aromatic rings. The van der Waals surface area contributed by atoms with Crippen LogP contribution in [0.4, 0.5) is 0 Å². The Morgan fingerprint density at radius 3 is 2.25 bits per heavy atom. The van der Waals surface area contributed by atoms with Gasteiger partial charge in [-0.3, -0.25) is 19.2 Å². The molecule has 0 unspecified atom stereocenters. The molecule has 124 valence electrons. The van der Waals surface area contributed by atoms with Crippen LogP contribution in [0, 0.1) is 0 Å². The summed E-state index contributed by atoms with van der Waals surface area (Å²) < 4.78 is 1.09. The first-order valence-electron chi connectivity index (χ1n) is 6.90. The van der Waals surface area contributed by atoms with Crippen LogP contribution in [0.2, 0.25) is 0 Å². The fraction of sp³-hybridized carbons (Fsp3) is 0.133. The molecule has 1 aromatic heterocycles. The van der Waals surface area contributed by atoms with Gasteiger partial charge in [-0.25, -0.2) is 4.68 Å². The average molecular weight is 329 g/mol. The van der Waals surface area contributed by atoms with Crippen LogP contribution >= 0.6 is 0 Å². The Balaban J connectivity index is 2.24. The van der Waals surface area contributed by atoms with Gasteiger partial charge in [0.2, 0.25) is 11.8 Å². The molecule has 0 aliphatic rings. The summed E-state index contributed by atoms with van der Waals surface area (Å²) in [5.74, 6) is -3.03. The summed E-state index contributed by atoms with van der Waals surface area (Å²) in [6, 6.07) is 9.73. The number of carbonyl (C=O) groups is 3. The zero-order chi connectivity index (χ0) is 17.7. The minimum atomic E-state index is -1.66. The molecule has 5 N–H and O–H groups in total. The van der Waals surface area contributed by atoms with Gasteiger partial charge in [0.1, 0.15) is 5.69 Å². The van der Waals surface area contributed by atoms with E-state index in [1.165, 1.54) is 6.07 Å². The molecular weight excluding hydrogens is 314 g/mol. The highest BCUT2D eigenvalue weighted by molar-refractivity contribution is 6.07. The largest absolute Gasteiger partial charge is 0.367 e. The Labute approximate surface area is 136 Å². The number of nitrogens with two attached hydrogens (primary N) is 2. The Bertz CT molecular complexity index is 817. The van der Waals surface area contributed by atoms with Crippen LogP contribution in [0.1, 0.15) is 16.1 Å². The van der Waals surface area contributed by atoms with E-state index < -0.39 is 29.3 Å². The van der Waals surface area contributed by atoms with Crippen molar-refractivity contribution in [3.8, 4) is 0 Å². The lowest BCUT2D eigenvalue weighted by Crippen LogP contribution is -2.52. The first kappa shape index (κ1) is 16.9. The van der Waals surface area contributed by atoms with E-state index in [4.69, 9.17) is 11.5 Å². The highest BCUT2D eigenvalue weighted by Crippen LogP contribution is 2.00. The van der Waals surface area contributed by atoms with Crippen molar-refractivity contribution in [1.82, 2.24) is 15.1 Å². The molecule has 0 saturated heterocycles. The van der Waals surface area contributed by atoms with Gasteiger partial charge in [-0.05, 0) is 11.6 Å². The molecule has 3 amide bonds. The van der Waals surface area contributed by atoms with E-state index in [0.717, 1.165) is 16.3 Å². The highest BCUT2D eigenvalue weighted by Gasteiger charge is 2.25. The van der Waals surface area contributed by atoms with E-state index in [2.05, 4.69) is 10.4 Å². The molecule has 0 fully saturated rings. The van der Waals surface area contributed by atoms with Gasteiger partial charge in [-0.2, -0.15) is 5.10 Å². The van der Waals surface area contributed by atoms with Crippen molar-refractivity contribution in [3.63, 3.8) is 0 Å². The fourth-order valence-corrected chi connectivity index (χ4v) is 1.93. The number of nitrogens with one attached hydrogen (secondary N) is 1. The Kier molecular flexibility index (Phi) is 5.05. The van der Waals surface area contributed by atoms with Crippen LogP contribution in [-0.2, 0) is 16.1 Å². The predicted molar refractivity (Wildman–Crippen MR) is 83.7 cm³/mol. The van der Waals surface area contributed by atoms with Crippen LogP contribution in [-0.4, -0.2) is 33.5 Å². The van der Waals surface area contributed by atoms with Gasteiger partial charge in [0.25, 0.3) is 11.5 Å². The zero-order valence-electron chi connectivity index (χ0n) is 12.5. The number of hydrogen-bond donors (Lipinski definition) is 3. The molecule has 0 atom stereocenters. The first-order chi connectivity index (χ1) is 11.4. The summed E-state index contributed by atoms with van der Waals surface area (Å²) in [6.07, 6.45) is 0. The summed E-state index contributed by atoms with van der Waals surface area (Å²) in [4.78, 5) is 46.1. The van der Waals surface area contributed by atoms with E-state index in [1.54, 1.807) is 24.3 Å². The van der Waals surface area contributed by atoms with Crippen LogP contribution in [0.25, 0.3) is 0 Å². The SMILES string of the molecule is NC(=O)C(NC(=O)c1ccc(=O)n(Cc2ccccc2)n1)C(N)=O. The molecule has 0 bridgehead atoms. The first-order valence-corrected chi connectivity index (χ1v) is 6.90. The van der Waals surface area contributed by atoms with Gasteiger partial charge < -0.3 is 16.8 Å². The molecule has 0 spiro atoms. The molecule has 2 rings (SSSR count). The van der Waals surface area contributed by atoms with Gasteiger partial charge in [0, 0.05) is 6.07 Å². The number of carbonyl (C=O) groups excluding carboxylic acids is 3. The molecule has 0 saturated carbocycles. The molecule has 0 aliphatic heterocycles. The maximum absolute atomic E-state index is 12.1. The lowest BCUT2D eigenvalue weighted by atomic mass is 10.2. The summed E-state index contributed by atoms with van der Waals surface area (Å²) in [5, 5.41) is 6.00. The smallest absolute Gasteiger partial charge is 0.272 e. The van der Waals surface area contributed by atoms with Gasteiger partial charge in [-0.15, -0.1) is 0 Å². The molecule has 0 radical (unpaired) electrons. The molecule has 0 aliphatic carbocycles. The second-order valence-electron chi connectivity index (χ2n) is 4.91. The topological polar surface area (TPSA) is 150 Å². The normalized spacial score (nSPS) is 10.4. The van der Waals surface area contributed by atoms with E-state index in [-0.39, 0.29) is 12.2 Å². The molecule has 9 heteroatoms.